The molecule has 0 saturated carbocycles. The molecule has 2 N–H and O–H groups in total. The Morgan fingerprint density at radius 2 is 2.26 bits per heavy atom. The molecule has 5 nitrogen and oxygen atoms in total. The summed E-state index contributed by atoms with van der Waals surface area (Å²) in [6, 6.07) is 10.4. The summed E-state index contributed by atoms with van der Waals surface area (Å²) in [5.74, 6) is -0.0962. The average molecular weight is 312 g/mol. The van der Waals surface area contributed by atoms with E-state index in [9.17, 15) is 4.79 Å². The fourth-order valence-electron chi connectivity index (χ4n) is 3.01. The molecule has 1 aromatic heterocycles. The number of nitrogens with one attached hydrogen (secondary N) is 2. The van der Waals surface area contributed by atoms with Crippen LogP contribution in [0.15, 0.2) is 36.5 Å². The highest BCUT2D eigenvalue weighted by Crippen LogP contribution is 2.15. The molecule has 0 spiro atoms. The van der Waals surface area contributed by atoms with E-state index in [4.69, 9.17) is 0 Å². The van der Waals surface area contributed by atoms with Crippen LogP contribution in [0.2, 0.25) is 0 Å². The lowest BCUT2D eigenvalue weighted by atomic mass is 10.1. The predicted molar refractivity (Wildman–Crippen MR) is 90.6 cm³/mol. The third-order valence-corrected chi connectivity index (χ3v) is 4.43. The van der Waals surface area contributed by atoms with Gasteiger partial charge in [0, 0.05) is 19.3 Å². The number of benzene rings is 1. The van der Waals surface area contributed by atoms with Crippen LogP contribution in [0.3, 0.4) is 0 Å². The van der Waals surface area contributed by atoms with Crippen LogP contribution in [0.1, 0.15) is 40.5 Å². The Morgan fingerprint density at radius 1 is 1.39 bits per heavy atom. The Labute approximate surface area is 137 Å². The first-order valence-corrected chi connectivity index (χ1v) is 8.32. The van der Waals surface area contributed by atoms with Crippen molar-refractivity contribution in [2.75, 3.05) is 19.6 Å². The van der Waals surface area contributed by atoms with Gasteiger partial charge in [-0.3, -0.25) is 9.48 Å². The Kier molecular flexibility index (Phi) is 5.08. The molecule has 1 aromatic carbocycles. The zero-order valence-corrected chi connectivity index (χ0v) is 13.6. The van der Waals surface area contributed by atoms with Gasteiger partial charge >= 0.3 is 0 Å². The number of amides is 1. The molecule has 1 fully saturated rings. The number of nitrogens with zero attached hydrogens (tertiary/aromatic N) is 2. The van der Waals surface area contributed by atoms with Crippen LogP contribution in [-0.2, 0) is 6.42 Å². The van der Waals surface area contributed by atoms with E-state index in [1.165, 1.54) is 11.1 Å². The van der Waals surface area contributed by atoms with Crippen molar-refractivity contribution in [1.29, 1.82) is 0 Å². The summed E-state index contributed by atoms with van der Waals surface area (Å²) in [6.07, 6.45) is 5.02. The lowest BCUT2D eigenvalue weighted by Gasteiger charge is -2.22. The van der Waals surface area contributed by atoms with Crippen molar-refractivity contribution in [3.05, 3.63) is 53.3 Å². The lowest BCUT2D eigenvalue weighted by Crippen LogP contribution is -2.32. The van der Waals surface area contributed by atoms with Crippen LogP contribution in [0.25, 0.3) is 0 Å². The zero-order valence-electron chi connectivity index (χ0n) is 13.6. The third kappa shape index (κ3) is 3.99. The molecule has 2 aromatic rings. The second-order valence-corrected chi connectivity index (χ2v) is 6.11. The van der Waals surface area contributed by atoms with E-state index in [0.29, 0.717) is 18.3 Å². The molecule has 1 aliphatic heterocycles. The lowest BCUT2D eigenvalue weighted by molar-refractivity contribution is 0.0947. The zero-order chi connectivity index (χ0) is 16.1. The molecular weight excluding hydrogens is 288 g/mol. The Morgan fingerprint density at radius 3 is 3.04 bits per heavy atom. The van der Waals surface area contributed by atoms with Crippen LogP contribution < -0.4 is 10.6 Å². The number of piperidine rings is 1. The van der Waals surface area contributed by atoms with Crippen LogP contribution in [0.4, 0.5) is 0 Å². The topological polar surface area (TPSA) is 59.0 Å². The van der Waals surface area contributed by atoms with E-state index in [1.807, 2.05) is 23.0 Å². The first-order valence-electron chi connectivity index (χ1n) is 8.32. The van der Waals surface area contributed by atoms with Gasteiger partial charge in [0.1, 0.15) is 5.69 Å². The van der Waals surface area contributed by atoms with E-state index in [0.717, 1.165) is 32.4 Å². The minimum Gasteiger partial charge on any atom is -0.350 e. The fraction of sp³-hybridized carbons (Fsp3) is 0.444. The van der Waals surface area contributed by atoms with Crippen molar-refractivity contribution in [3.63, 3.8) is 0 Å². The number of aryl methyl sites for hydroxylation is 1. The molecule has 5 heteroatoms. The molecule has 3 rings (SSSR count). The molecular formula is C18H24N4O. The highest BCUT2D eigenvalue weighted by atomic mass is 16.1. The van der Waals surface area contributed by atoms with Gasteiger partial charge in [0.2, 0.25) is 0 Å². The standard InChI is InChI=1S/C18H24N4O/c1-14-5-2-3-6-15(14)8-11-20-18(23)17-9-12-22(21-17)16-7-4-10-19-13-16/h2-3,5-6,9,12,16,19H,4,7-8,10-11,13H2,1H3,(H,20,23). The molecule has 122 valence electrons. The van der Waals surface area contributed by atoms with Gasteiger partial charge in [0.05, 0.1) is 6.04 Å². The summed E-state index contributed by atoms with van der Waals surface area (Å²) in [5, 5.41) is 10.8. The minimum atomic E-state index is -0.0962. The van der Waals surface area contributed by atoms with Gasteiger partial charge in [-0.05, 0) is 49.9 Å². The van der Waals surface area contributed by atoms with Crippen molar-refractivity contribution in [1.82, 2.24) is 20.4 Å². The molecule has 2 heterocycles. The summed E-state index contributed by atoms with van der Waals surface area (Å²) >= 11 is 0. The van der Waals surface area contributed by atoms with Gasteiger partial charge in [0.15, 0.2) is 0 Å². The van der Waals surface area contributed by atoms with Gasteiger partial charge in [-0.25, -0.2) is 0 Å². The van der Waals surface area contributed by atoms with Crippen LogP contribution >= 0.6 is 0 Å². The fourth-order valence-corrected chi connectivity index (χ4v) is 3.01. The van der Waals surface area contributed by atoms with E-state index in [2.05, 4.69) is 34.8 Å². The normalized spacial score (nSPS) is 17.9. The summed E-state index contributed by atoms with van der Waals surface area (Å²) in [6.45, 7) is 4.72. The Hall–Kier alpha value is -2.14. The maximum absolute atomic E-state index is 12.2. The van der Waals surface area contributed by atoms with Crippen molar-refractivity contribution < 1.29 is 4.79 Å². The first-order chi connectivity index (χ1) is 11.2. The van der Waals surface area contributed by atoms with Crippen LogP contribution in [0, 0.1) is 6.92 Å². The largest absolute Gasteiger partial charge is 0.350 e. The molecule has 1 aliphatic rings. The highest BCUT2D eigenvalue weighted by molar-refractivity contribution is 5.92. The number of rotatable bonds is 5. The maximum Gasteiger partial charge on any atom is 0.271 e. The molecule has 0 bridgehead atoms. The summed E-state index contributed by atoms with van der Waals surface area (Å²) in [7, 11) is 0. The van der Waals surface area contributed by atoms with Crippen molar-refractivity contribution in [2.45, 2.75) is 32.2 Å². The molecule has 1 unspecified atom stereocenters. The average Bonchev–Trinajstić information content (AvgIpc) is 3.07. The van der Waals surface area contributed by atoms with E-state index < -0.39 is 0 Å². The van der Waals surface area contributed by atoms with Crippen LogP contribution in [-0.4, -0.2) is 35.3 Å². The first kappa shape index (κ1) is 15.7. The predicted octanol–water partition coefficient (Wildman–Crippen LogP) is 2.09. The van der Waals surface area contributed by atoms with Crippen molar-refractivity contribution in [2.24, 2.45) is 0 Å². The monoisotopic (exact) mass is 312 g/mol. The summed E-state index contributed by atoms with van der Waals surface area (Å²) < 4.78 is 1.92. The number of carbonyl (C=O) groups is 1. The van der Waals surface area contributed by atoms with Gasteiger partial charge < -0.3 is 10.6 Å². The maximum atomic E-state index is 12.2. The van der Waals surface area contributed by atoms with Crippen molar-refractivity contribution >= 4 is 5.91 Å². The van der Waals surface area contributed by atoms with Gasteiger partial charge in [-0.1, -0.05) is 24.3 Å². The number of hydrogen-bond acceptors (Lipinski definition) is 3. The number of hydrogen-bond donors (Lipinski definition) is 2. The van der Waals surface area contributed by atoms with E-state index in [1.54, 1.807) is 6.07 Å². The quantitative estimate of drug-likeness (QED) is 0.889. The van der Waals surface area contributed by atoms with Gasteiger partial charge in [0.25, 0.3) is 5.91 Å². The Bertz CT molecular complexity index is 659. The van der Waals surface area contributed by atoms with Gasteiger partial charge in [-0.2, -0.15) is 5.10 Å². The van der Waals surface area contributed by atoms with E-state index in [-0.39, 0.29) is 5.91 Å². The SMILES string of the molecule is Cc1ccccc1CCNC(=O)c1ccn(C2CCCNC2)n1. The Balaban J connectivity index is 1.52. The molecule has 23 heavy (non-hydrogen) atoms. The third-order valence-electron chi connectivity index (χ3n) is 4.43. The summed E-state index contributed by atoms with van der Waals surface area (Å²) in [4.78, 5) is 12.2. The second kappa shape index (κ2) is 7.42. The molecule has 0 aliphatic carbocycles. The molecule has 1 amide bonds. The second-order valence-electron chi connectivity index (χ2n) is 6.11. The van der Waals surface area contributed by atoms with Crippen molar-refractivity contribution in [3.8, 4) is 0 Å². The summed E-state index contributed by atoms with van der Waals surface area (Å²) in [5.41, 5.74) is 3.03. The minimum absolute atomic E-state index is 0.0962. The van der Waals surface area contributed by atoms with E-state index >= 15 is 0 Å². The van der Waals surface area contributed by atoms with Crippen LogP contribution in [0.5, 0.6) is 0 Å². The smallest absolute Gasteiger partial charge is 0.271 e. The van der Waals surface area contributed by atoms with Gasteiger partial charge in [-0.15, -0.1) is 0 Å². The number of carbonyl (C=O) groups excluding carboxylic acids is 1. The molecule has 0 radical (unpaired) electrons. The highest BCUT2D eigenvalue weighted by Gasteiger charge is 2.17. The molecule has 1 atom stereocenters. The number of aromatic nitrogens is 2. The molecule has 1 saturated heterocycles.